The van der Waals surface area contributed by atoms with Crippen LogP contribution in [0.2, 0.25) is 0 Å². The Morgan fingerprint density at radius 1 is 1.04 bits per heavy atom. The third-order valence-corrected chi connectivity index (χ3v) is 5.89. The fourth-order valence-electron chi connectivity index (χ4n) is 4.25. The van der Waals surface area contributed by atoms with Gasteiger partial charge in [0.15, 0.2) is 0 Å². The lowest BCUT2D eigenvalue weighted by Crippen LogP contribution is -2.47. The Labute approximate surface area is 181 Å². The zero-order valence-corrected chi connectivity index (χ0v) is 18.7. The zero-order chi connectivity index (χ0) is 18.5. The number of hydrogen-bond acceptors (Lipinski definition) is 4. The normalized spacial score (nSPS) is 19.0. The summed E-state index contributed by atoms with van der Waals surface area (Å²) in [7, 11) is 0. The van der Waals surface area contributed by atoms with Crippen molar-refractivity contribution in [2.45, 2.75) is 33.1 Å². The molecule has 7 heteroatoms. The predicted octanol–water partition coefficient (Wildman–Crippen LogP) is 3.79. The number of ketones is 1. The molecule has 2 heterocycles. The Morgan fingerprint density at radius 2 is 1.68 bits per heavy atom. The summed E-state index contributed by atoms with van der Waals surface area (Å²) in [6, 6.07) is 5.08. The fourth-order valence-corrected chi connectivity index (χ4v) is 4.25. The molecule has 0 saturated carbocycles. The number of nitrogens with zero attached hydrogens (tertiary/aromatic N) is 3. The second-order valence-corrected chi connectivity index (χ2v) is 7.97. The van der Waals surface area contributed by atoms with Crippen molar-refractivity contribution in [3.8, 4) is 0 Å². The summed E-state index contributed by atoms with van der Waals surface area (Å²) in [4.78, 5) is 18.4. The standard InChI is InChI=1S/C21H32FN3O.2ClH/c1-17-3-4-20(22)15-21(17)25-13-11-23(12-14-25)8-5-19-6-9-24(10-7-19)16-18(2)26;;/h3-4,15,19H,5-14,16H2,1-2H3;2*1H. The van der Waals surface area contributed by atoms with Crippen LogP contribution in [0.5, 0.6) is 0 Å². The maximum atomic E-state index is 13.5. The molecule has 4 nitrogen and oxygen atoms in total. The second kappa shape index (κ2) is 12.0. The molecule has 160 valence electrons. The van der Waals surface area contributed by atoms with Gasteiger partial charge in [-0.3, -0.25) is 14.6 Å². The van der Waals surface area contributed by atoms with Crippen molar-refractivity contribution in [1.82, 2.24) is 9.80 Å². The SMILES string of the molecule is CC(=O)CN1CCC(CCN2CCN(c3cc(F)ccc3C)CC2)CC1.Cl.Cl. The number of rotatable bonds is 6. The van der Waals surface area contributed by atoms with Gasteiger partial charge < -0.3 is 4.90 Å². The number of likely N-dealkylation sites (tertiary alicyclic amines) is 1. The van der Waals surface area contributed by atoms with Crippen molar-refractivity contribution in [3.05, 3.63) is 29.6 Å². The first-order chi connectivity index (χ1) is 12.5. The molecule has 0 N–H and O–H groups in total. The van der Waals surface area contributed by atoms with E-state index in [1.807, 2.05) is 6.07 Å². The van der Waals surface area contributed by atoms with Crippen molar-refractivity contribution in [1.29, 1.82) is 0 Å². The number of hydrogen-bond donors (Lipinski definition) is 0. The minimum absolute atomic E-state index is 0. The molecule has 2 saturated heterocycles. The van der Waals surface area contributed by atoms with Gasteiger partial charge in [0.25, 0.3) is 0 Å². The van der Waals surface area contributed by atoms with Crippen LogP contribution >= 0.6 is 24.8 Å². The first-order valence-corrected chi connectivity index (χ1v) is 9.96. The van der Waals surface area contributed by atoms with Gasteiger partial charge in [-0.15, -0.1) is 24.8 Å². The first kappa shape index (κ1) is 25.2. The number of anilines is 1. The van der Waals surface area contributed by atoms with Gasteiger partial charge >= 0.3 is 0 Å². The van der Waals surface area contributed by atoms with Crippen LogP contribution in [-0.2, 0) is 4.79 Å². The lowest BCUT2D eigenvalue weighted by atomic mass is 9.93. The highest BCUT2D eigenvalue weighted by Gasteiger charge is 2.22. The van der Waals surface area contributed by atoms with Crippen molar-refractivity contribution < 1.29 is 9.18 Å². The third-order valence-electron chi connectivity index (χ3n) is 5.89. The summed E-state index contributed by atoms with van der Waals surface area (Å²) in [6.45, 7) is 11.7. The minimum Gasteiger partial charge on any atom is -0.369 e. The van der Waals surface area contributed by atoms with E-state index < -0.39 is 0 Å². The van der Waals surface area contributed by atoms with Crippen molar-refractivity contribution in [2.75, 3.05) is 57.3 Å². The van der Waals surface area contributed by atoms with E-state index >= 15 is 0 Å². The highest BCUT2D eigenvalue weighted by atomic mass is 35.5. The number of piperidine rings is 1. The van der Waals surface area contributed by atoms with Crippen LogP contribution in [0.4, 0.5) is 10.1 Å². The van der Waals surface area contributed by atoms with Gasteiger partial charge in [0, 0.05) is 31.9 Å². The van der Waals surface area contributed by atoms with Gasteiger partial charge in [0.05, 0.1) is 6.54 Å². The summed E-state index contributed by atoms with van der Waals surface area (Å²) in [5.41, 5.74) is 2.19. The quantitative estimate of drug-likeness (QED) is 0.681. The molecule has 0 amide bonds. The van der Waals surface area contributed by atoms with Crippen LogP contribution in [0.3, 0.4) is 0 Å². The van der Waals surface area contributed by atoms with Crippen LogP contribution in [0.25, 0.3) is 0 Å². The maximum absolute atomic E-state index is 13.5. The third kappa shape index (κ3) is 7.18. The van der Waals surface area contributed by atoms with Gasteiger partial charge in [-0.1, -0.05) is 6.07 Å². The van der Waals surface area contributed by atoms with E-state index in [0.717, 1.165) is 63.0 Å². The molecule has 0 spiro atoms. The molecular formula is C21H34Cl2FN3O. The van der Waals surface area contributed by atoms with E-state index in [0.29, 0.717) is 6.54 Å². The highest BCUT2D eigenvalue weighted by Crippen LogP contribution is 2.24. The van der Waals surface area contributed by atoms with E-state index in [9.17, 15) is 9.18 Å². The molecule has 28 heavy (non-hydrogen) atoms. The molecule has 0 radical (unpaired) electrons. The number of carbonyl (C=O) groups is 1. The van der Waals surface area contributed by atoms with E-state index in [1.165, 1.54) is 25.3 Å². The van der Waals surface area contributed by atoms with Gasteiger partial charge in [-0.05, 0) is 76.4 Å². The Bertz CT molecular complexity index is 616. The van der Waals surface area contributed by atoms with Crippen LogP contribution in [0, 0.1) is 18.7 Å². The lowest BCUT2D eigenvalue weighted by Gasteiger charge is -2.38. The number of halogens is 3. The molecule has 0 atom stereocenters. The molecule has 1 aromatic rings. The largest absolute Gasteiger partial charge is 0.369 e. The van der Waals surface area contributed by atoms with Gasteiger partial charge in [0.2, 0.25) is 0 Å². The van der Waals surface area contributed by atoms with Crippen LogP contribution in [0.15, 0.2) is 18.2 Å². The van der Waals surface area contributed by atoms with Crippen molar-refractivity contribution >= 4 is 36.3 Å². The molecule has 2 aliphatic rings. The highest BCUT2D eigenvalue weighted by molar-refractivity contribution is 5.85. The molecule has 0 aromatic heterocycles. The number of aryl methyl sites for hydroxylation is 1. The average molecular weight is 434 g/mol. The average Bonchev–Trinajstić information content (AvgIpc) is 2.63. The molecule has 3 rings (SSSR count). The second-order valence-electron chi connectivity index (χ2n) is 7.97. The summed E-state index contributed by atoms with van der Waals surface area (Å²) in [5, 5.41) is 0. The Hall–Kier alpha value is -0.880. The van der Waals surface area contributed by atoms with Crippen LogP contribution < -0.4 is 4.90 Å². The van der Waals surface area contributed by atoms with E-state index in [1.54, 1.807) is 13.0 Å². The summed E-state index contributed by atoms with van der Waals surface area (Å²) >= 11 is 0. The molecule has 2 aliphatic heterocycles. The van der Waals surface area contributed by atoms with Gasteiger partial charge in [-0.2, -0.15) is 0 Å². The fraction of sp³-hybridized carbons (Fsp3) is 0.667. The zero-order valence-electron chi connectivity index (χ0n) is 17.0. The Kier molecular flexibility index (Phi) is 10.7. The molecular weight excluding hydrogens is 400 g/mol. The number of carbonyl (C=O) groups excluding carboxylic acids is 1. The topological polar surface area (TPSA) is 26.8 Å². The summed E-state index contributed by atoms with van der Waals surface area (Å²) in [6.07, 6.45) is 3.69. The first-order valence-electron chi connectivity index (χ1n) is 9.96. The number of Topliss-reactive ketones (excluding diaryl/α,β-unsaturated/α-hetero) is 1. The van der Waals surface area contributed by atoms with E-state index in [-0.39, 0.29) is 36.4 Å². The van der Waals surface area contributed by atoms with Crippen molar-refractivity contribution in [3.63, 3.8) is 0 Å². The summed E-state index contributed by atoms with van der Waals surface area (Å²) in [5.74, 6) is 0.917. The summed E-state index contributed by atoms with van der Waals surface area (Å²) < 4.78 is 13.5. The minimum atomic E-state index is -0.149. The molecule has 1 aromatic carbocycles. The van der Waals surface area contributed by atoms with E-state index in [2.05, 4.69) is 21.6 Å². The van der Waals surface area contributed by atoms with Gasteiger partial charge in [0.1, 0.15) is 11.6 Å². The smallest absolute Gasteiger partial charge is 0.143 e. The van der Waals surface area contributed by atoms with Crippen LogP contribution in [0.1, 0.15) is 31.7 Å². The monoisotopic (exact) mass is 433 g/mol. The predicted molar refractivity (Wildman–Crippen MR) is 119 cm³/mol. The van der Waals surface area contributed by atoms with E-state index in [4.69, 9.17) is 0 Å². The lowest BCUT2D eigenvalue weighted by molar-refractivity contribution is -0.118. The molecule has 0 aliphatic carbocycles. The molecule has 2 fully saturated rings. The molecule has 0 unspecified atom stereocenters. The Balaban J connectivity index is 0.00000196. The molecule has 0 bridgehead atoms. The Morgan fingerprint density at radius 3 is 2.29 bits per heavy atom. The van der Waals surface area contributed by atoms with Gasteiger partial charge in [-0.25, -0.2) is 4.39 Å². The van der Waals surface area contributed by atoms with Crippen LogP contribution in [-0.4, -0.2) is 67.9 Å². The maximum Gasteiger partial charge on any atom is 0.143 e. The number of benzene rings is 1. The van der Waals surface area contributed by atoms with Crippen molar-refractivity contribution in [2.24, 2.45) is 5.92 Å². The number of piperazine rings is 1.